The highest BCUT2D eigenvalue weighted by atomic mass is 16.5. The Bertz CT molecular complexity index is 215. The normalized spacial score (nSPS) is 25.9. The van der Waals surface area contributed by atoms with E-state index in [9.17, 15) is 4.79 Å². The average Bonchev–Trinajstić information content (AvgIpc) is 2.15. The lowest BCUT2D eigenvalue weighted by molar-refractivity contribution is 0.0478. The third kappa shape index (κ3) is 3.42. The third-order valence-electron chi connectivity index (χ3n) is 1.99. The predicted octanol–water partition coefficient (Wildman–Crippen LogP) is 0.600. The van der Waals surface area contributed by atoms with Crippen LogP contribution in [0.2, 0.25) is 0 Å². The Balaban J connectivity index is 2.41. The molecule has 1 heterocycles. The molecule has 0 spiro atoms. The number of nitrogens with zero attached hydrogens (tertiary/aromatic N) is 1. The number of carbonyl (C=O) groups excluding carboxylic acids is 1. The van der Waals surface area contributed by atoms with Crippen molar-refractivity contribution < 1.29 is 9.53 Å². The Kier molecular flexibility index (Phi) is 3.70. The Hall–Kier alpha value is -1.10. The zero-order valence-electron chi connectivity index (χ0n) is 7.75. The lowest BCUT2D eigenvalue weighted by Gasteiger charge is -2.22. The molecule has 5 nitrogen and oxygen atoms in total. The minimum atomic E-state index is -0.618. The first-order valence-electron chi connectivity index (χ1n) is 4.45. The molecule has 13 heavy (non-hydrogen) atoms. The van der Waals surface area contributed by atoms with Gasteiger partial charge in [-0.2, -0.15) is 5.10 Å². The van der Waals surface area contributed by atoms with Crippen LogP contribution in [0.25, 0.3) is 0 Å². The number of amides is 2. The van der Waals surface area contributed by atoms with Gasteiger partial charge in [0.2, 0.25) is 0 Å². The maximum atomic E-state index is 10.4. The molecule has 0 saturated carbocycles. The number of hydrazone groups is 1. The molecule has 0 bridgehead atoms. The Morgan fingerprint density at radius 3 is 3.23 bits per heavy atom. The maximum Gasteiger partial charge on any atom is 0.332 e. The molecule has 0 aromatic carbocycles. The number of hydrogen-bond acceptors (Lipinski definition) is 3. The van der Waals surface area contributed by atoms with Crippen molar-refractivity contribution in [3.05, 3.63) is 0 Å². The second kappa shape index (κ2) is 4.81. The standard InChI is InChI=1S/C8H15N3O2/c1-2-7-5-6(3-4-13-7)10-11-8(9)12/h7H,2-5H2,1H3,(H3,9,11,12). The molecule has 1 aliphatic heterocycles. The molecular formula is C8H15N3O2. The van der Waals surface area contributed by atoms with Crippen LogP contribution in [0.3, 0.4) is 0 Å². The number of ether oxygens (including phenoxy) is 1. The molecule has 1 saturated heterocycles. The molecule has 74 valence electrons. The highest BCUT2D eigenvalue weighted by molar-refractivity contribution is 5.86. The summed E-state index contributed by atoms with van der Waals surface area (Å²) in [6.45, 7) is 2.74. The van der Waals surface area contributed by atoms with Gasteiger partial charge in [-0.15, -0.1) is 0 Å². The quantitative estimate of drug-likeness (QED) is 0.618. The van der Waals surface area contributed by atoms with E-state index in [1.165, 1.54) is 0 Å². The van der Waals surface area contributed by atoms with E-state index in [1.807, 2.05) is 0 Å². The molecule has 1 fully saturated rings. The van der Waals surface area contributed by atoms with Crippen LogP contribution in [0.5, 0.6) is 0 Å². The monoisotopic (exact) mass is 185 g/mol. The van der Waals surface area contributed by atoms with Gasteiger partial charge >= 0.3 is 6.03 Å². The summed E-state index contributed by atoms with van der Waals surface area (Å²) in [6.07, 6.45) is 2.77. The van der Waals surface area contributed by atoms with E-state index in [4.69, 9.17) is 10.5 Å². The Morgan fingerprint density at radius 1 is 1.85 bits per heavy atom. The lowest BCUT2D eigenvalue weighted by Crippen LogP contribution is -2.30. The number of urea groups is 1. The summed E-state index contributed by atoms with van der Waals surface area (Å²) in [5.41, 5.74) is 8.07. The highest BCUT2D eigenvalue weighted by Gasteiger charge is 2.16. The van der Waals surface area contributed by atoms with Gasteiger partial charge in [0, 0.05) is 18.6 Å². The lowest BCUT2D eigenvalue weighted by atomic mass is 10.1. The van der Waals surface area contributed by atoms with Crippen LogP contribution in [-0.2, 0) is 4.74 Å². The van der Waals surface area contributed by atoms with Crippen LogP contribution in [0, 0.1) is 0 Å². The van der Waals surface area contributed by atoms with Gasteiger partial charge in [0.25, 0.3) is 0 Å². The van der Waals surface area contributed by atoms with Gasteiger partial charge < -0.3 is 10.5 Å². The minimum absolute atomic E-state index is 0.238. The molecule has 1 unspecified atom stereocenters. The minimum Gasteiger partial charge on any atom is -0.377 e. The number of carbonyl (C=O) groups is 1. The van der Waals surface area contributed by atoms with Crippen molar-refractivity contribution in [2.75, 3.05) is 6.61 Å². The van der Waals surface area contributed by atoms with Gasteiger partial charge in [0.15, 0.2) is 0 Å². The first-order chi connectivity index (χ1) is 6.22. The van der Waals surface area contributed by atoms with Crippen molar-refractivity contribution in [2.45, 2.75) is 32.3 Å². The van der Waals surface area contributed by atoms with Crippen molar-refractivity contribution in [1.82, 2.24) is 5.43 Å². The fraction of sp³-hybridized carbons (Fsp3) is 0.750. The largest absolute Gasteiger partial charge is 0.377 e. The van der Waals surface area contributed by atoms with Gasteiger partial charge in [-0.3, -0.25) is 0 Å². The van der Waals surface area contributed by atoms with Crippen LogP contribution in [-0.4, -0.2) is 24.5 Å². The van der Waals surface area contributed by atoms with Crippen LogP contribution in [0.1, 0.15) is 26.2 Å². The Labute approximate surface area is 77.3 Å². The zero-order chi connectivity index (χ0) is 9.68. The number of primary amides is 1. The molecule has 1 atom stereocenters. The number of nitrogens with one attached hydrogen (secondary N) is 1. The topological polar surface area (TPSA) is 76.7 Å². The zero-order valence-corrected chi connectivity index (χ0v) is 7.75. The third-order valence-corrected chi connectivity index (χ3v) is 1.99. The van der Waals surface area contributed by atoms with Crippen molar-refractivity contribution in [2.24, 2.45) is 10.8 Å². The number of hydrogen-bond donors (Lipinski definition) is 2. The van der Waals surface area contributed by atoms with Crippen molar-refractivity contribution in [3.8, 4) is 0 Å². The fourth-order valence-corrected chi connectivity index (χ4v) is 1.27. The smallest absolute Gasteiger partial charge is 0.332 e. The van der Waals surface area contributed by atoms with E-state index >= 15 is 0 Å². The van der Waals surface area contributed by atoms with Gasteiger partial charge in [-0.1, -0.05) is 6.92 Å². The van der Waals surface area contributed by atoms with Gasteiger partial charge in [-0.25, -0.2) is 10.2 Å². The molecule has 0 aliphatic carbocycles. The first-order valence-corrected chi connectivity index (χ1v) is 4.45. The molecule has 2 amide bonds. The summed E-state index contributed by atoms with van der Waals surface area (Å²) in [4.78, 5) is 10.4. The summed E-state index contributed by atoms with van der Waals surface area (Å²) < 4.78 is 5.44. The van der Waals surface area contributed by atoms with Gasteiger partial charge in [-0.05, 0) is 6.42 Å². The van der Waals surface area contributed by atoms with E-state index in [1.54, 1.807) is 0 Å². The van der Waals surface area contributed by atoms with Crippen LogP contribution >= 0.6 is 0 Å². The van der Waals surface area contributed by atoms with E-state index in [0.717, 1.165) is 25.0 Å². The summed E-state index contributed by atoms with van der Waals surface area (Å²) in [5, 5.41) is 3.89. The first kappa shape index (κ1) is 9.98. The van der Waals surface area contributed by atoms with E-state index in [-0.39, 0.29) is 6.10 Å². The molecular weight excluding hydrogens is 170 g/mol. The van der Waals surface area contributed by atoms with Crippen molar-refractivity contribution >= 4 is 11.7 Å². The molecule has 1 rings (SSSR count). The summed E-state index contributed by atoms with van der Waals surface area (Å²) in [6, 6.07) is -0.618. The van der Waals surface area contributed by atoms with E-state index in [2.05, 4.69) is 17.5 Å². The SMILES string of the molecule is CCC1CC(=NNC(N)=O)CCO1. The van der Waals surface area contributed by atoms with Crippen molar-refractivity contribution in [1.29, 1.82) is 0 Å². The number of rotatable bonds is 2. The summed E-state index contributed by atoms with van der Waals surface area (Å²) in [5.74, 6) is 0. The van der Waals surface area contributed by atoms with Crippen LogP contribution < -0.4 is 11.2 Å². The second-order valence-electron chi connectivity index (χ2n) is 3.01. The van der Waals surface area contributed by atoms with E-state index in [0.29, 0.717) is 6.61 Å². The maximum absolute atomic E-state index is 10.4. The summed E-state index contributed by atoms with van der Waals surface area (Å²) in [7, 11) is 0. The van der Waals surface area contributed by atoms with Crippen LogP contribution in [0.4, 0.5) is 4.79 Å². The molecule has 0 aromatic rings. The second-order valence-corrected chi connectivity index (χ2v) is 3.01. The van der Waals surface area contributed by atoms with Crippen LogP contribution in [0.15, 0.2) is 5.10 Å². The van der Waals surface area contributed by atoms with Crippen molar-refractivity contribution in [3.63, 3.8) is 0 Å². The molecule has 1 aliphatic rings. The molecule has 5 heteroatoms. The van der Waals surface area contributed by atoms with E-state index < -0.39 is 6.03 Å². The molecule has 3 N–H and O–H groups in total. The fourth-order valence-electron chi connectivity index (χ4n) is 1.27. The molecule has 0 aromatic heterocycles. The predicted molar refractivity (Wildman–Crippen MR) is 49.4 cm³/mol. The number of nitrogens with two attached hydrogens (primary N) is 1. The van der Waals surface area contributed by atoms with Gasteiger partial charge in [0.05, 0.1) is 12.7 Å². The molecule has 0 radical (unpaired) electrons. The van der Waals surface area contributed by atoms with Gasteiger partial charge in [0.1, 0.15) is 0 Å². The summed E-state index contributed by atoms with van der Waals surface area (Å²) >= 11 is 0. The average molecular weight is 185 g/mol. The Morgan fingerprint density at radius 2 is 2.62 bits per heavy atom. The highest BCUT2D eigenvalue weighted by Crippen LogP contribution is 2.13.